The van der Waals surface area contributed by atoms with Gasteiger partial charge in [-0.3, -0.25) is 4.79 Å². The highest BCUT2D eigenvalue weighted by molar-refractivity contribution is 7.09. The number of aromatic nitrogens is 1. The number of carbonyl (C=O) groups excluding carboxylic acids is 1. The Kier molecular flexibility index (Phi) is 6.13. The molecule has 0 spiro atoms. The molecule has 100 valence electrons. The van der Waals surface area contributed by atoms with Crippen molar-refractivity contribution in [1.29, 1.82) is 0 Å². The first kappa shape index (κ1) is 14.4. The molecule has 7 heteroatoms. The third-order valence-corrected chi connectivity index (χ3v) is 3.14. The fourth-order valence-corrected chi connectivity index (χ4v) is 2.02. The maximum atomic E-state index is 11.4. The number of hydrogen-bond acceptors (Lipinski definition) is 4. The third kappa shape index (κ3) is 6.19. The van der Waals surface area contributed by atoms with Crippen molar-refractivity contribution in [3.8, 4) is 0 Å². The summed E-state index contributed by atoms with van der Waals surface area (Å²) in [5, 5.41) is 16.6. The molecule has 0 atom stereocenters. The Bertz CT molecular complexity index is 406. The molecule has 0 aliphatic carbocycles. The van der Waals surface area contributed by atoms with Crippen LogP contribution in [0.1, 0.15) is 30.0 Å². The number of unbranched alkanes of at least 4 members (excludes halogenated alkanes) is 1. The van der Waals surface area contributed by atoms with E-state index in [0.717, 1.165) is 10.7 Å². The van der Waals surface area contributed by atoms with Gasteiger partial charge < -0.3 is 15.7 Å². The van der Waals surface area contributed by atoms with E-state index in [4.69, 9.17) is 5.11 Å². The lowest BCUT2D eigenvalue weighted by Gasteiger charge is -2.05. The van der Waals surface area contributed by atoms with Crippen LogP contribution >= 0.6 is 11.3 Å². The van der Waals surface area contributed by atoms with Crippen molar-refractivity contribution < 1.29 is 14.7 Å². The molecule has 1 aromatic rings. The summed E-state index contributed by atoms with van der Waals surface area (Å²) in [6, 6.07) is -0.252. The van der Waals surface area contributed by atoms with Gasteiger partial charge in [-0.05, 0) is 19.8 Å². The molecule has 0 radical (unpaired) electrons. The first-order chi connectivity index (χ1) is 8.58. The molecule has 1 rings (SSSR count). The number of carboxylic acid groups (broad SMARTS) is 1. The molecule has 6 nitrogen and oxygen atoms in total. The molecular formula is C11H17N3O3S. The van der Waals surface area contributed by atoms with Gasteiger partial charge in [0.15, 0.2) is 0 Å². The standard InChI is InChI=1S/C11H17N3O3S/c1-8-7-18-9(14-8)6-13-11(17)12-5-3-2-4-10(15)16/h7H,2-6H2,1H3,(H,15,16)(H2,12,13,17). The second kappa shape index (κ2) is 7.65. The maximum absolute atomic E-state index is 11.4. The summed E-state index contributed by atoms with van der Waals surface area (Å²) in [6.45, 7) is 2.80. The normalized spacial score (nSPS) is 10.1. The summed E-state index contributed by atoms with van der Waals surface area (Å²) in [7, 11) is 0. The first-order valence-corrected chi connectivity index (χ1v) is 6.60. The highest BCUT2D eigenvalue weighted by Crippen LogP contribution is 2.07. The molecule has 3 N–H and O–H groups in total. The van der Waals surface area contributed by atoms with E-state index in [-0.39, 0.29) is 12.5 Å². The minimum Gasteiger partial charge on any atom is -0.481 e. The number of aliphatic carboxylic acids is 1. The molecule has 2 amide bonds. The van der Waals surface area contributed by atoms with E-state index >= 15 is 0 Å². The number of aryl methyl sites for hydroxylation is 1. The highest BCUT2D eigenvalue weighted by Gasteiger charge is 2.03. The Labute approximate surface area is 109 Å². The summed E-state index contributed by atoms with van der Waals surface area (Å²) in [6.07, 6.45) is 1.37. The van der Waals surface area contributed by atoms with Crippen LogP contribution in [0.2, 0.25) is 0 Å². The number of thiazole rings is 1. The van der Waals surface area contributed by atoms with Crippen LogP contribution in [-0.2, 0) is 11.3 Å². The minimum absolute atomic E-state index is 0.141. The minimum atomic E-state index is -0.807. The van der Waals surface area contributed by atoms with Gasteiger partial charge >= 0.3 is 12.0 Å². The molecule has 0 fully saturated rings. The SMILES string of the molecule is Cc1csc(CNC(=O)NCCCCC(=O)O)n1. The topological polar surface area (TPSA) is 91.3 Å². The van der Waals surface area contributed by atoms with E-state index in [1.807, 2.05) is 12.3 Å². The van der Waals surface area contributed by atoms with Gasteiger partial charge in [0.25, 0.3) is 0 Å². The summed E-state index contributed by atoms with van der Waals surface area (Å²) >= 11 is 1.51. The lowest BCUT2D eigenvalue weighted by atomic mass is 10.2. The van der Waals surface area contributed by atoms with Crippen LogP contribution in [-0.4, -0.2) is 28.6 Å². The summed E-state index contributed by atoms with van der Waals surface area (Å²) in [4.78, 5) is 25.8. The van der Waals surface area contributed by atoms with Gasteiger partial charge in [-0.2, -0.15) is 0 Å². The Hall–Kier alpha value is -1.63. The fourth-order valence-electron chi connectivity index (χ4n) is 1.31. The largest absolute Gasteiger partial charge is 0.481 e. The zero-order chi connectivity index (χ0) is 13.4. The van der Waals surface area contributed by atoms with Gasteiger partial charge in [0, 0.05) is 24.0 Å². The Morgan fingerprint density at radius 2 is 2.17 bits per heavy atom. The van der Waals surface area contributed by atoms with E-state index in [0.29, 0.717) is 25.9 Å². The van der Waals surface area contributed by atoms with Gasteiger partial charge in [-0.1, -0.05) is 0 Å². The smallest absolute Gasteiger partial charge is 0.315 e. The first-order valence-electron chi connectivity index (χ1n) is 5.72. The molecule has 18 heavy (non-hydrogen) atoms. The number of nitrogens with one attached hydrogen (secondary N) is 2. The monoisotopic (exact) mass is 271 g/mol. The maximum Gasteiger partial charge on any atom is 0.315 e. The lowest BCUT2D eigenvalue weighted by molar-refractivity contribution is -0.137. The van der Waals surface area contributed by atoms with Crippen LogP contribution in [0.25, 0.3) is 0 Å². The van der Waals surface area contributed by atoms with Crippen molar-refractivity contribution in [3.05, 3.63) is 16.1 Å². The number of rotatable bonds is 7. The van der Waals surface area contributed by atoms with Crippen LogP contribution in [0.3, 0.4) is 0 Å². The molecule has 0 aromatic carbocycles. The van der Waals surface area contributed by atoms with Crippen molar-refractivity contribution in [1.82, 2.24) is 15.6 Å². The van der Waals surface area contributed by atoms with Gasteiger partial charge in [0.1, 0.15) is 5.01 Å². The van der Waals surface area contributed by atoms with Gasteiger partial charge in [-0.25, -0.2) is 9.78 Å². The van der Waals surface area contributed by atoms with Crippen molar-refractivity contribution in [2.45, 2.75) is 32.7 Å². The second-order valence-electron chi connectivity index (χ2n) is 3.84. The molecule has 1 aromatic heterocycles. The van der Waals surface area contributed by atoms with Crippen LogP contribution in [0.15, 0.2) is 5.38 Å². The molecule has 0 unspecified atom stereocenters. The van der Waals surface area contributed by atoms with Gasteiger partial charge in [0.2, 0.25) is 0 Å². The molecule has 0 aliphatic rings. The molecule has 0 bridgehead atoms. The zero-order valence-corrected chi connectivity index (χ0v) is 11.0. The third-order valence-electron chi connectivity index (χ3n) is 2.17. The van der Waals surface area contributed by atoms with Crippen molar-refractivity contribution in [3.63, 3.8) is 0 Å². The number of hydrogen-bond donors (Lipinski definition) is 3. The summed E-state index contributed by atoms with van der Waals surface area (Å²) in [5.74, 6) is -0.807. The molecule has 1 heterocycles. The van der Waals surface area contributed by atoms with Crippen LogP contribution in [0.4, 0.5) is 4.79 Å². The second-order valence-corrected chi connectivity index (χ2v) is 4.79. The number of amides is 2. The van der Waals surface area contributed by atoms with E-state index in [1.54, 1.807) is 0 Å². The number of urea groups is 1. The fraction of sp³-hybridized carbons (Fsp3) is 0.545. The van der Waals surface area contributed by atoms with Crippen LogP contribution in [0.5, 0.6) is 0 Å². The van der Waals surface area contributed by atoms with Crippen molar-refractivity contribution in [2.24, 2.45) is 0 Å². The Morgan fingerprint density at radius 1 is 1.39 bits per heavy atom. The Balaban J connectivity index is 2.05. The van der Waals surface area contributed by atoms with Gasteiger partial charge in [0.05, 0.1) is 6.54 Å². The average Bonchev–Trinajstić information content (AvgIpc) is 2.71. The lowest BCUT2D eigenvalue weighted by Crippen LogP contribution is -2.35. The average molecular weight is 271 g/mol. The molecule has 0 aliphatic heterocycles. The Morgan fingerprint density at radius 3 is 2.78 bits per heavy atom. The molecule has 0 saturated carbocycles. The van der Waals surface area contributed by atoms with Crippen molar-refractivity contribution >= 4 is 23.3 Å². The summed E-state index contributed by atoms with van der Waals surface area (Å²) < 4.78 is 0. The van der Waals surface area contributed by atoms with E-state index in [1.165, 1.54) is 11.3 Å². The predicted molar refractivity (Wildman–Crippen MR) is 68.6 cm³/mol. The predicted octanol–water partition coefficient (Wildman–Crippen LogP) is 1.51. The van der Waals surface area contributed by atoms with E-state index in [9.17, 15) is 9.59 Å². The quantitative estimate of drug-likeness (QED) is 0.655. The highest BCUT2D eigenvalue weighted by atomic mass is 32.1. The van der Waals surface area contributed by atoms with E-state index < -0.39 is 5.97 Å². The molecular weight excluding hydrogens is 254 g/mol. The summed E-state index contributed by atoms with van der Waals surface area (Å²) in [5.41, 5.74) is 0.950. The van der Waals surface area contributed by atoms with E-state index in [2.05, 4.69) is 15.6 Å². The number of nitrogens with zero attached hydrogens (tertiary/aromatic N) is 1. The van der Waals surface area contributed by atoms with Crippen LogP contribution in [0, 0.1) is 6.92 Å². The molecule has 0 saturated heterocycles. The number of carboxylic acids is 1. The van der Waals surface area contributed by atoms with Crippen LogP contribution < -0.4 is 10.6 Å². The van der Waals surface area contributed by atoms with Crippen molar-refractivity contribution in [2.75, 3.05) is 6.54 Å². The zero-order valence-electron chi connectivity index (χ0n) is 10.2. The van der Waals surface area contributed by atoms with Gasteiger partial charge in [-0.15, -0.1) is 11.3 Å². The number of carbonyl (C=O) groups is 2.